The van der Waals surface area contributed by atoms with Crippen molar-refractivity contribution in [1.82, 2.24) is 4.98 Å². The second kappa shape index (κ2) is 5.67. The Kier molecular flexibility index (Phi) is 3.72. The minimum atomic E-state index is -0.0175. The van der Waals surface area contributed by atoms with Crippen molar-refractivity contribution in [2.24, 2.45) is 10.9 Å². The molecule has 3 aromatic rings. The molecule has 3 N–H and O–H groups in total. The van der Waals surface area contributed by atoms with Crippen molar-refractivity contribution in [2.45, 2.75) is 10.1 Å². The van der Waals surface area contributed by atoms with E-state index in [0.717, 1.165) is 10.4 Å². The molecule has 0 saturated heterocycles. The quantitative estimate of drug-likeness (QED) is 0.332. The van der Waals surface area contributed by atoms with Gasteiger partial charge < -0.3 is 15.4 Å². The fourth-order valence-corrected chi connectivity index (χ4v) is 2.88. The van der Waals surface area contributed by atoms with Crippen LogP contribution in [0.2, 0.25) is 5.02 Å². The van der Waals surface area contributed by atoms with E-state index in [1.165, 1.54) is 11.8 Å². The third kappa shape index (κ3) is 2.81. The lowest BCUT2D eigenvalue weighted by Crippen LogP contribution is -2.14. The van der Waals surface area contributed by atoms with E-state index < -0.39 is 0 Å². The van der Waals surface area contributed by atoms with Crippen LogP contribution in [-0.4, -0.2) is 16.0 Å². The molecular weight excluding hydrogens is 310 g/mol. The highest BCUT2D eigenvalue weighted by Crippen LogP contribution is 2.33. The van der Waals surface area contributed by atoms with Crippen LogP contribution in [0.15, 0.2) is 62.2 Å². The molecule has 21 heavy (non-hydrogen) atoms. The van der Waals surface area contributed by atoms with Gasteiger partial charge >= 0.3 is 0 Å². The molecule has 0 amide bonds. The molecule has 0 aliphatic carbocycles. The van der Waals surface area contributed by atoms with E-state index in [0.29, 0.717) is 21.4 Å². The molecule has 0 bridgehead atoms. The van der Waals surface area contributed by atoms with Gasteiger partial charge in [-0.05, 0) is 42.1 Å². The lowest BCUT2D eigenvalue weighted by molar-refractivity contribution is 0.318. The summed E-state index contributed by atoms with van der Waals surface area (Å²) in [5.41, 5.74) is 7.68. The highest BCUT2D eigenvalue weighted by Gasteiger charge is 2.13. The Morgan fingerprint density at radius 3 is 2.86 bits per heavy atom. The number of halogens is 1. The molecule has 7 heteroatoms. The molecule has 2 aromatic carbocycles. The fraction of sp³-hybridized carbons (Fsp3) is 0. The minimum Gasteiger partial charge on any atom is -0.431 e. The lowest BCUT2D eigenvalue weighted by Gasteiger charge is -2.06. The number of rotatable bonds is 3. The van der Waals surface area contributed by atoms with Crippen LogP contribution >= 0.6 is 23.4 Å². The molecule has 0 fully saturated rings. The number of hydrogen-bond donors (Lipinski definition) is 2. The fourth-order valence-electron chi connectivity index (χ4n) is 1.83. The van der Waals surface area contributed by atoms with Crippen molar-refractivity contribution >= 4 is 40.3 Å². The minimum absolute atomic E-state index is 0.0175. The number of amidine groups is 1. The zero-order valence-corrected chi connectivity index (χ0v) is 12.2. The van der Waals surface area contributed by atoms with Crippen LogP contribution in [0.4, 0.5) is 0 Å². The maximum absolute atomic E-state index is 8.86. The van der Waals surface area contributed by atoms with Gasteiger partial charge in [-0.1, -0.05) is 28.9 Å². The monoisotopic (exact) mass is 319 g/mol. The van der Waals surface area contributed by atoms with Crippen molar-refractivity contribution in [1.29, 1.82) is 0 Å². The number of hydrogen-bond acceptors (Lipinski definition) is 5. The van der Waals surface area contributed by atoms with E-state index in [1.54, 1.807) is 18.2 Å². The molecule has 0 spiro atoms. The van der Waals surface area contributed by atoms with Crippen molar-refractivity contribution in [3.8, 4) is 0 Å². The molecule has 0 aliphatic rings. The number of fused-ring (bicyclic) bond motifs is 1. The average molecular weight is 320 g/mol. The van der Waals surface area contributed by atoms with Crippen LogP contribution in [-0.2, 0) is 0 Å². The smallest absolute Gasteiger partial charge is 0.261 e. The third-order valence-electron chi connectivity index (χ3n) is 2.80. The summed E-state index contributed by atoms with van der Waals surface area (Å²) in [4.78, 5) is 5.11. The van der Waals surface area contributed by atoms with E-state index in [9.17, 15) is 0 Å². The van der Waals surface area contributed by atoms with Crippen LogP contribution in [0.25, 0.3) is 11.1 Å². The van der Waals surface area contributed by atoms with Crippen molar-refractivity contribution in [2.75, 3.05) is 0 Å². The number of nitrogens with zero attached hydrogens (tertiary/aromatic N) is 2. The van der Waals surface area contributed by atoms with E-state index in [2.05, 4.69) is 10.1 Å². The van der Waals surface area contributed by atoms with Gasteiger partial charge in [-0.15, -0.1) is 0 Å². The Morgan fingerprint density at radius 2 is 2.10 bits per heavy atom. The molecule has 1 aromatic heterocycles. The first-order valence-electron chi connectivity index (χ1n) is 5.98. The maximum atomic E-state index is 8.86. The van der Waals surface area contributed by atoms with Crippen LogP contribution in [0.3, 0.4) is 0 Å². The summed E-state index contributed by atoms with van der Waals surface area (Å²) in [6.45, 7) is 0. The highest BCUT2D eigenvalue weighted by atomic mass is 35.5. The topological polar surface area (TPSA) is 84.6 Å². The zero-order valence-electron chi connectivity index (χ0n) is 10.7. The van der Waals surface area contributed by atoms with Gasteiger partial charge in [0.1, 0.15) is 5.52 Å². The van der Waals surface area contributed by atoms with Crippen molar-refractivity contribution < 1.29 is 9.62 Å². The first-order valence-corrected chi connectivity index (χ1v) is 7.17. The van der Waals surface area contributed by atoms with Crippen LogP contribution in [0.5, 0.6) is 0 Å². The van der Waals surface area contributed by atoms with Gasteiger partial charge in [-0.25, -0.2) is 4.98 Å². The van der Waals surface area contributed by atoms with Gasteiger partial charge in [-0.3, -0.25) is 0 Å². The summed E-state index contributed by atoms with van der Waals surface area (Å²) in [6.07, 6.45) is 0. The third-order valence-corrected chi connectivity index (χ3v) is 3.96. The molecule has 0 unspecified atom stereocenters. The van der Waals surface area contributed by atoms with Crippen LogP contribution in [0, 0.1) is 0 Å². The first kappa shape index (κ1) is 13.8. The van der Waals surface area contributed by atoms with Gasteiger partial charge in [0.2, 0.25) is 0 Å². The standard InChI is InChI=1S/C14H10ClN3O2S/c15-8-5-6-12(9(7-8)13(16)18-19)21-14-17-10-3-1-2-4-11(10)20-14/h1-7,19H,(H2,16,18). The molecule has 3 rings (SSSR count). The average Bonchev–Trinajstić information content (AvgIpc) is 2.90. The Labute approximate surface area is 129 Å². The van der Waals surface area contributed by atoms with Crippen molar-refractivity contribution in [3.05, 3.63) is 53.1 Å². The summed E-state index contributed by atoms with van der Waals surface area (Å²) in [6, 6.07) is 12.6. The molecule has 106 valence electrons. The Hall–Kier alpha value is -2.18. The molecular formula is C14H10ClN3O2S. The number of aromatic nitrogens is 1. The van der Waals surface area contributed by atoms with Crippen molar-refractivity contribution in [3.63, 3.8) is 0 Å². The van der Waals surface area contributed by atoms with Gasteiger partial charge in [-0.2, -0.15) is 0 Å². The highest BCUT2D eigenvalue weighted by molar-refractivity contribution is 7.99. The molecule has 0 radical (unpaired) electrons. The summed E-state index contributed by atoms with van der Waals surface area (Å²) < 4.78 is 5.65. The van der Waals surface area contributed by atoms with E-state index in [-0.39, 0.29) is 5.84 Å². The van der Waals surface area contributed by atoms with Gasteiger partial charge in [0, 0.05) is 15.5 Å². The van der Waals surface area contributed by atoms with Gasteiger partial charge in [0.05, 0.1) is 0 Å². The molecule has 0 saturated carbocycles. The second-order valence-electron chi connectivity index (χ2n) is 4.18. The molecule has 5 nitrogen and oxygen atoms in total. The summed E-state index contributed by atoms with van der Waals surface area (Å²) >= 11 is 7.23. The van der Waals surface area contributed by atoms with Gasteiger partial charge in [0.25, 0.3) is 5.22 Å². The van der Waals surface area contributed by atoms with E-state index in [4.69, 9.17) is 27.0 Å². The van der Waals surface area contributed by atoms with Gasteiger partial charge in [0.15, 0.2) is 11.4 Å². The van der Waals surface area contributed by atoms with E-state index in [1.807, 2.05) is 24.3 Å². The maximum Gasteiger partial charge on any atom is 0.261 e. The van der Waals surface area contributed by atoms with Crippen LogP contribution < -0.4 is 5.73 Å². The van der Waals surface area contributed by atoms with Crippen LogP contribution in [0.1, 0.15) is 5.56 Å². The summed E-state index contributed by atoms with van der Waals surface area (Å²) in [5.74, 6) is -0.0175. The second-order valence-corrected chi connectivity index (χ2v) is 5.60. The predicted octanol–water partition coefficient (Wildman–Crippen LogP) is 3.73. The number of para-hydroxylation sites is 2. The molecule has 1 heterocycles. The largest absolute Gasteiger partial charge is 0.431 e. The van der Waals surface area contributed by atoms with E-state index >= 15 is 0 Å². The zero-order chi connectivity index (χ0) is 14.8. The molecule has 0 atom stereocenters. The summed E-state index contributed by atoms with van der Waals surface area (Å²) in [7, 11) is 0. The normalized spacial score (nSPS) is 12.0. The SMILES string of the molecule is NC(=NO)c1cc(Cl)ccc1Sc1nc2ccccc2o1. The first-order chi connectivity index (χ1) is 10.2. The Bertz CT molecular complexity index is 799. The Balaban J connectivity index is 2.01. The summed E-state index contributed by atoms with van der Waals surface area (Å²) in [5, 5.41) is 12.8. The number of benzene rings is 2. The number of oxazole rings is 1. The Morgan fingerprint density at radius 1 is 1.29 bits per heavy atom. The number of oxime groups is 1. The lowest BCUT2D eigenvalue weighted by atomic mass is 10.2. The number of nitrogens with two attached hydrogens (primary N) is 1. The predicted molar refractivity (Wildman–Crippen MR) is 82.1 cm³/mol. The molecule has 0 aliphatic heterocycles.